The van der Waals surface area contributed by atoms with Gasteiger partial charge in [-0.05, 0) is 36.1 Å². The van der Waals surface area contributed by atoms with E-state index < -0.39 is 0 Å². The number of ether oxygens (including phenoxy) is 2. The van der Waals surface area contributed by atoms with Crippen molar-refractivity contribution in [3.63, 3.8) is 0 Å². The molecule has 1 fully saturated rings. The molecule has 1 atom stereocenters. The van der Waals surface area contributed by atoms with Crippen molar-refractivity contribution in [3.05, 3.63) is 52.2 Å². The SMILES string of the molecule is N#Cc1c(NC(=O)C=Cc2cccnc2)sc2c1CCC(OC(=O)N1CCOCC1)C2. The summed E-state index contributed by atoms with van der Waals surface area (Å²) < 4.78 is 11.0. The lowest BCUT2D eigenvalue weighted by Crippen LogP contribution is -2.42. The number of pyridine rings is 1. The minimum Gasteiger partial charge on any atom is -0.446 e. The number of carbonyl (C=O) groups is 2. The third-order valence-corrected chi connectivity index (χ3v) is 6.39. The fourth-order valence-electron chi connectivity index (χ4n) is 3.63. The minimum absolute atomic E-state index is 0.234. The number of aromatic nitrogens is 1. The molecule has 0 spiro atoms. The summed E-state index contributed by atoms with van der Waals surface area (Å²) >= 11 is 1.38. The van der Waals surface area contributed by atoms with Crippen LogP contribution in [0.1, 0.15) is 28.0 Å². The van der Waals surface area contributed by atoms with Crippen LogP contribution in [0.3, 0.4) is 0 Å². The second-order valence-corrected chi connectivity index (χ2v) is 8.38. The summed E-state index contributed by atoms with van der Waals surface area (Å²) in [5, 5.41) is 13.0. The Labute approximate surface area is 184 Å². The quantitative estimate of drug-likeness (QED) is 0.736. The first-order chi connectivity index (χ1) is 15.1. The van der Waals surface area contributed by atoms with Crippen LogP contribution in [0, 0.1) is 11.3 Å². The number of thiophene rings is 1. The lowest BCUT2D eigenvalue weighted by Gasteiger charge is -2.29. The van der Waals surface area contributed by atoms with Gasteiger partial charge in [0.15, 0.2) is 0 Å². The molecule has 1 unspecified atom stereocenters. The van der Waals surface area contributed by atoms with Gasteiger partial charge < -0.3 is 19.7 Å². The number of nitrogens with one attached hydrogen (secondary N) is 1. The van der Waals surface area contributed by atoms with E-state index in [1.807, 2.05) is 6.07 Å². The largest absolute Gasteiger partial charge is 0.446 e. The van der Waals surface area contributed by atoms with Crippen LogP contribution in [0.2, 0.25) is 0 Å². The summed E-state index contributed by atoms with van der Waals surface area (Å²) in [6.07, 6.45) is 7.70. The van der Waals surface area contributed by atoms with Gasteiger partial charge in [0.1, 0.15) is 17.2 Å². The van der Waals surface area contributed by atoms with Gasteiger partial charge in [0.2, 0.25) is 5.91 Å². The molecule has 160 valence electrons. The number of hydrogen-bond donors (Lipinski definition) is 1. The molecule has 3 heterocycles. The number of nitriles is 1. The highest BCUT2D eigenvalue weighted by Crippen LogP contribution is 2.38. The number of nitrogens with zero attached hydrogens (tertiary/aromatic N) is 3. The molecule has 0 aromatic carbocycles. The number of carbonyl (C=O) groups excluding carboxylic acids is 2. The van der Waals surface area contributed by atoms with Crippen LogP contribution in [0.5, 0.6) is 0 Å². The lowest BCUT2D eigenvalue weighted by molar-refractivity contribution is -0.111. The number of amides is 2. The van der Waals surface area contributed by atoms with Gasteiger partial charge in [-0.2, -0.15) is 5.26 Å². The molecule has 0 saturated carbocycles. The predicted molar refractivity (Wildman–Crippen MR) is 116 cm³/mol. The summed E-state index contributed by atoms with van der Waals surface area (Å²) in [5.41, 5.74) is 2.26. The van der Waals surface area contributed by atoms with Crippen molar-refractivity contribution in [1.29, 1.82) is 5.26 Å². The van der Waals surface area contributed by atoms with Crippen LogP contribution in [-0.4, -0.2) is 54.3 Å². The molecule has 2 aliphatic rings. The summed E-state index contributed by atoms with van der Waals surface area (Å²) in [6, 6.07) is 5.86. The molecule has 31 heavy (non-hydrogen) atoms. The second-order valence-electron chi connectivity index (χ2n) is 7.28. The first-order valence-electron chi connectivity index (χ1n) is 10.1. The highest BCUT2D eigenvalue weighted by molar-refractivity contribution is 7.16. The average molecular weight is 439 g/mol. The monoisotopic (exact) mass is 438 g/mol. The van der Waals surface area contributed by atoms with E-state index >= 15 is 0 Å². The normalized spacial score (nSPS) is 18.3. The van der Waals surface area contributed by atoms with Crippen molar-refractivity contribution in [2.75, 3.05) is 31.6 Å². The van der Waals surface area contributed by atoms with E-state index in [0.717, 1.165) is 16.0 Å². The van der Waals surface area contributed by atoms with Crippen molar-refractivity contribution >= 4 is 34.4 Å². The number of fused-ring (bicyclic) bond motifs is 1. The molecule has 8 nitrogen and oxygen atoms in total. The first-order valence-corrected chi connectivity index (χ1v) is 10.9. The molecule has 1 saturated heterocycles. The van der Waals surface area contributed by atoms with Crippen molar-refractivity contribution in [1.82, 2.24) is 9.88 Å². The molecule has 1 aliphatic carbocycles. The number of anilines is 1. The Morgan fingerprint density at radius 3 is 2.97 bits per heavy atom. The predicted octanol–water partition coefficient (Wildman–Crippen LogP) is 2.99. The molecule has 0 bridgehead atoms. The first kappa shape index (κ1) is 21.0. The van der Waals surface area contributed by atoms with Crippen LogP contribution >= 0.6 is 11.3 Å². The maximum atomic E-state index is 12.4. The van der Waals surface area contributed by atoms with Gasteiger partial charge in [0.25, 0.3) is 0 Å². The second kappa shape index (κ2) is 9.73. The van der Waals surface area contributed by atoms with Gasteiger partial charge >= 0.3 is 6.09 Å². The average Bonchev–Trinajstić information content (AvgIpc) is 3.15. The van der Waals surface area contributed by atoms with Gasteiger partial charge in [0.05, 0.1) is 18.8 Å². The van der Waals surface area contributed by atoms with E-state index in [0.29, 0.717) is 56.1 Å². The molecular weight excluding hydrogens is 416 g/mol. The zero-order chi connectivity index (χ0) is 21.6. The van der Waals surface area contributed by atoms with Gasteiger partial charge in [0, 0.05) is 42.9 Å². The zero-order valence-corrected chi connectivity index (χ0v) is 17.7. The molecule has 4 rings (SSSR count). The Bertz CT molecular complexity index is 1020. The number of morpholine rings is 1. The highest BCUT2D eigenvalue weighted by Gasteiger charge is 2.30. The fourth-order valence-corrected chi connectivity index (χ4v) is 4.89. The Kier molecular flexibility index (Phi) is 6.60. The maximum Gasteiger partial charge on any atom is 0.410 e. The van der Waals surface area contributed by atoms with Crippen molar-refractivity contribution in [3.8, 4) is 6.07 Å². The van der Waals surface area contributed by atoms with E-state index in [-0.39, 0.29) is 18.1 Å². The van der Waals surface area contributed by atoms with Crippen molar-refractivity contribution in [2.24, 2.45) is 0 Å². The Morgan fingerprint density at radius 2 is 2.23 bits per heavy atom. The van der Waals surface area contributed by atoms with Crippen LogP contribution in [-0.2, 0) is 27.1 Å². The van der Waals surface area contributed by atoms with Crippen molar-refractivity contribution < 1.29 is 19.1 Å². The van der Waals surface area contributed by atoms with Crippen LogP contribution in [0.25, 0.3) is 6.08 Å². The van der Waals surface area contributed by atoms with Gasteiger partial charge in [-0.3, -0.25) is 9.78 Å². The highest BCUT2D eigenvalue weighted by atomic mass is 32.1. The molecule has 2 aromatic heterocycles. The van der Waals surface area contributed by atoms with Crippen molar-refractivity contribution in [2.45, 2.75) is 25.4 Å². The number of hydrogen-bond acceptors (Lipinski definition) is 7. The molecule has 9 heteroatoms. The summed E-state index contributed by atoms with van der Waals surface area (Å²) in [6.45, 7) is 2.13. The standard InChI is InChI=1S/C22H22N4O4S/c23-13-18-17-5-4-16(30-22(28)26-8-10-29-11-9-26)12-19(17)31-21(18)25-20(27)6-3-15-2-1-7-24-14-15/h1-3,6-7,14,16H,4-5,8-12H2,(H,25,27). The van der Waals surface area contributed by atoms with Crippen LogP contribution in [0.15, 0.2) is 30.6 Å². The van der Waals surface area contributed by atoms with Gasteiger partial charge in [-0.1, -0.05) is 6.07 Å². The third kappa shape index (κ3) is 5.10. The number of rotatable bonds is 4. The van der Waals surface area contributed by atoms with E-state index in [9.17, 15) is 14.9 Å². The Morgan fingerprint density at radius 1 is 1.39 bits per heavy atom. The lowest BCUT2D eigenvalue weighted by atomic mass is 9.94. The minimum atomic E-state index is -0.317. The smallest absolute Gasteiger partial charge is 0.410 e. The topological polar surface area (TPSA) is 105 Å². The van der Waals surface area contributed by atoms with E-state index in [1.54, 1.807) is 29.4 Å². The molecular formula is C22H22N4O4S. The molecule has 2 amide bonds. The van der Waals surface area contributed by atoms with Crippen LogP contribution in [0.4, 0.5) is 9.80 Å². The molecule has 0 radical (unpaired) electrons. The van der Waals surface area contributed by atoms with Crippen LogP contribution < -0.4 is 5.32 Å². The van der Waals surface area contributed by atoms with Gasteiger partial charge in [-0.15, -0.1) is 11.3 Å². The molecule has 1 aliphatic heterocycles. The Balaban J connectivity index is 1.41. The third-order valence-electron chi connectivity index (χ3n) is 5.22. The Hall–Kier alpha value is -3.22. The van der Waals surface area contributed by atoms with Gasteiger partial charge in [-0.25, -0.2) is 4.79 Å². The maximum absolute atomic E-state index is 12.4. The molecule has 1 N–H and O–H groups in total. The summed E-state index contributed by atoms with van der Waals surface area (Å²) in [5.74, 6) is -0.311. The zero-order valence-electron chi connectivity index (χ0n) is 16.9. The summed E-state index contributed by atoms with van der Waals surface area (Å²) in [4.78, 5) is 31.4. The van der Waals surface area contributed by atoms with E-state index in [1.165, 1.54) is 17.4 Å². The van der Waals surface area contributed by atoms with E-state index in [4.69, 9.17) is 9.47 Å². The van der Waals surface area contributed by atoms with E-state index in [2.05, 4.69) is 16.4 Å². The fraction of sp³-hybridized carbons (Fsp3) is 0.364. The molecule has 2 aromatic rings. The summed E-state index contributed by atoms with van der Waals surface area (Å²) in [7, 11) is 0.